The van der Waals surface area contributed by atoms with Crippen LogP contribution in [0.15, 0.2) is 29.3 Å². The first-order valence-corrected chi connectivity index (χ1v) is 8.93. The molecule has 0 atom stereocenters. The van der Waals surface area contributed by atoms with Crippen LogP contribution in [0.3, 0.4) is 0 Å². The second-order valence-electron chi connectivity index (χ2n) is 6.32. The fourth-order valence-electron chi connectivity index (χ4n) is 2.41. The number of rotatable bonds is 11. The van der Waals surface area contributed by atoms with Crippen molar-refractivity contribution in [2.75, 3.05) is 54.1 Å². The van der Waals surface area contributed by atoms with Crippen molar-refractivity contribution < 1.29 is 14.2 Å². The number of hydrogen-bond donors (Lipinski definition) is 1. The average molecular weight is 349 g/mol. The Bertz CT molecular complexity index is 532. The summed E-state index contributed by atoms with van der Waals surface area (Å²) in [6.07, 6.45) is 2.66. The molecule has 0 amide bonds. The molecule has 0 spiro atoms. The van der Waals surface area contributed by atoms with Crippen molar-refractivity contribution in [3.63, 3.8) is 0 Å². The third-order valence-corrected chi connectivity index (χ3v) is 4.13. The van der Waals surface area contributed by atoms with Crippen molar-refractivity contribution >= 4 is 5.96 Å². The van der Waals surface area contributed by atoms with E-state index in [9.17, 15) is 0 Å². The summed E-state index contributed by atoms with van der Waals surface area (Å²) in [5.74, 6) is 2.52. The van der Waals surface area contributed by atoms with Crippen LogP contribution < -0.4 is 10.1 Å². The molecule has 1 N–H and O–H groups in total. The van der Waals surface area contributed by atoms with E-state index < -0.39 is 0 Å². The first-order chi connectivity index (χ1) is 12.2. The van der Waals surface area contributed by atoms with Crippen LogP contribution in [0.25, 0.3) is 0 Å². The SMILES string of the molecule is CN=C(NCCOCc1cccc(OC)c1)N(C)CCOCC1CC1. The molecule has 1 saturated carbocycles. The minimum atomic E-state index is 0.572. The molecular formula is C19H31N3O3. The maximum atomic E-state index is 5.71. The summed E-state index contributed by atoms with van der Waals surface area (Å²) in [7, 11) is 5.48. The van der Waals surface area contributed by atoms with Gasteiger partial charge in [0.25, 0.3) is 0 Å². The zero-order valence-corrected chi connectivity index (χ0v) is 15.7. The van der Waals surface area contributed by atoms with E-state index in [-0.39, 0.29) is 0 Å². The highest BCUT2D eigenvalue weighted by Crippen LogP contribution is 2.28. The van der Waals surface area contributed by atoms with Gasteiger partial charge in [0.1, 0.15) is 5.75 Å². The van der Waals surface area contributed by atoms with E-state index in [1.54, 1.807) is 14.2 Å². The second kappa shape index (κ2) is 10.9. The maximum Gasteiger partial charge on any atom is 0.193 e. The van der Waals surface area contributed by atoms with Crippen LogP contribution in [-0.2, 0) is 16.1 Å². The van der Waals surface area contributed by atoms with E-state index >= 15 is 0 Å². The van der Waals surface area contributed by atoms with Gasteiger partial charge in [-0.3, -0.25) is 4.99 Å². The van der Waals surface area contributed by atoms with E-state index in [0.717, 1.165) is 42.9 Å². The van der Waals surface area contributed by atoms with E-state index in [2.05, 4.69) is 15.2 Å². The molecule has 6 heteroatoms. The molecule has 6 nitrogen and oxygen atoms in total. The highest BCUT2D eigenvalue weighted by atomic mass is 16.5. The molecule has 0 unspecified atom stereocenters. The molecule has 0 heterocycles. The van der Waals surface area contributed by atoms with E-state index in [4.69, 9.17) is 14.2 Å². The molecule has 25 heavy (non-hydrogen) atoms. The topological polar surface area (TPSA) is 55.3 Å². The van der Waals surface area contributed by atoms with E-state index in [0.29, 0.717) is 19.8 Å². The molecule has 1 fully saturated rings. The van der Waals surface area contributed by atoms with Crippen molar-refractivity contribution in [1.29, 1.82) is 0 Å². The Labute approximate surface area is 151 Å². The van der Waals surface area contributed by atoms with Gasteiger partial charge >= 0.3 is 0 Å². The Kier molecular flexibility index (Phi) is 8.55. The van der Waals surface area contributed by atoms with E-state index in [1.807, 2.05) is 31.3 Å². The highest BCUT2D eigenvalue weighted by molar-refractivity contribution is 5.79. The molecule has 0 aromatic heterocycles. The maximum absolute atomic E-state index is 5.71. The van der Waals surface area contributed by atoms with Gasteiger partial charge in [-0.25, -0.2) is 0 Å². The lowest BCUT2D eigenvalue weighted by atomic mass is 10.2. The van der Waals surface area contributed by atoms with E-state index in [1.165, 1.54) is 12.8 Å². The highest BCUT2D eigenvalue weighted by Gasteiger charge is 2.21. The molecule has 0 bridgehead atoms. The number of nitrogens with zero attached hydrogens (tertiary/aromatic N) is 2. The molecule has 1 aliphatic carbocycles. The Balaban J connectivity index is 1.56. The summed E-state index contributed by atoms with van der Waals surface area (Å²) in [6, 6.07) is 7.92. The van der Waals surface area contributed by atoms with Crippen LogP contribution in [0.1, 0.15) is 18.4 Å². The lowest BCUT2D eigenvalue weighted by molar-refractivity contribution is 0.113. The first kappa shape index (κ1) is 19.5. The molecule has 0 saturated heterocycles. The number of methoxy groups -OCH3 is 1. The largest absolute Gasteiger partial charge is 0.497 e. The van der Waals surface area contributed by atoms with Crippen molar-refractivity contribution in [1.82, 2.24) is 10.2 Å². The normalized spacial score (nSPS) is 14.4. The number of nitrogens with one attached hydrogen (secondary N) is 1. The van der Waals surface area contributed by atoms with Crippen LogP contribution in [0.4, 0.5) is 0 Å². The van der Waals surface area contributed by atoms with Gasteiger partial charge in [0.05, 0.1) is 26.9 Å². The van der Waals surface area contributed by atoms with Crippen LogP contribution in [0.5, 0.6) is 5.75 Å². The molecular weight excluding hydrogens is 318 g/mol. The number of benzene rings is 1. The quantitative estimate of drug-likeness (QED) is 0.377. The lowest BCUT2D eigenvalue weighted by Crippen LogP contribution is -2.41. The van der Waals surface area contributed by atoms with Gasteiger partial charge < -0.3 is 24.4 Å². The number of likely N-dealkylation sites (N-methyl/N-ethyl adjacent to an activating group) is 1. The van der Waals surface area contributed by atoms with Gasteiger partial charge in [0.15, 0.2) is 5.96 Å². The fraction of sp³-hybridized carbons (Fsp3) is 0.632. The summed E-state index contributed by atoms with van der Waals surface area (Å²) in [4.78, 5) is 6.37. The standard InChI is InChI=1S/C19H31N3O3/c1-20-19(22(2)10-12-25-14-16-7-8-16)21-9-11-24-15-17-5-4-6-18(13-17)23-3/h4-6,13,16H,7-12,14-15H2,1-3H3,(H,20,21). The molecule has 2 rings (SSSR count). The average Bonchev–Trinajstić information content (AvgIpc) is 3.46. The van der Waals surface area contributed by atoms with Gasteiger partial charge in [0.2, 0.25) is 0 Å². The smallest absolute Gasteiger partial charge is 0.193 e. The molecule has 1 aromatic rings. The molecule has 140 valence electrons. The summed E-state index contributed by atoms with van der Waals surface area (Å²) in [5, 5.41) is 3.31. The minimum absolute atomic E-state index is 0.572. The lowest BCUT2D eigenvalue weighted by Gasteiger charge is -2.22. The van der Waals surface area contributed by atoms with Crippen LogP contribution in [0.2, 0.25) is 0 Å². The number of ether oxygens (including phenoxy) is 3. The van der Waals surface area contributed by atoms with Crippen molar-refractivity contribution in [2.45, 2.75) is 19.4 Å². The van der Waals surface area contributed by atoms with Crippen molar-refractivity contribution in [2.24, 2.45) is 10.9 Å². The summed E-state index contributed by atoms with van der Waals surface area (Å²) >= 11 is 0. The molecule has 1 aliphatic rings. The van der Waals surface area contributed by atoms with Crippen molar-refractivity contribution in [3.8, 4) is 5.75 Å². The third kappa shape index (κ3) is 7.75. The Morgan fingerprint density at radius 1 is 1.28 bits per heavy atom. The molecule has 0 aliphatic heterocycles. The molecule has 1 aromatic carbocycles. The second-order valence-corrected chi connectivity index (χ2v) is 6.32. The zero-order valence-electron chi connectivity index (χ0n) is 15.7. The zero-order chi connectivity index (χ0) is 17.9. The predicted molar refractivity (Wildman–Crippen MR) is 100 cm³/mol. The van der Waals surface area contributed by atoms with Crippen molar-refractivity contribution in [3.05, 3.63) is 29.8 Å². The van der Waals surface area contributed by atoms with Gasteiger partial charge in [-0.05, 0) is 36.5 Å². The Morgan fingerprint density at radius 3 is 2.84 bits per heavy atom. The first-order valence-electron chi connectivity index (χ1n) is 8.93. The van der Waals surface area contributed by atoms with Gasteiger partial charge in [-0.15, -0.1) is 0 Å². The van der Waals surface area contributed by atoms with Crippen LogP contribution >= 0.6 is 0 Å². The van der Waals surface area contributed by atoms with Gasteiger partial charge in [-0.2, -0.15) is 0 Å². The van der Waals surface area contributed by atoms with Crippen LogP contribution in [-0.4, -0.2) is 65.0 Å². The Hall–Kier alpha value is -1.79. The fourth-order valence-corrected chi connectivity index (χ4v) is 2.41. The predicted octanol–water partition coefficient (Wildman–Crippen LogP) is 2.15. The molecule has 0 radical (unpaired) electrons. The van der Waals surface area contributed by atoms with Gasteiger partial charge in [-0.1, -0.05) is 12.1 Å². The third-order valence-electron chi connectivity index (χ3n) is 4.13. The summed E-state index contributed by atoms with van der Waals surface area (Å²) < 4.78 is 16.6. The summed E-state index contributed by atoms with van der Waals surface area (Å²) in [5.41, 5.74) is 1.11. The number of aliphatic imine (C=N–C) groups is 1. The minimum Gasteiger partial charge on any atom is -0.497 e. The Morgan fingerprint density at radius 2 is 2.12 bits per heavy atom. The number of guanidine groups is 1. The summed E-state index contributed by atoms with van der Waals surface area (Å²) in [6.45, 7) is 4.36. The number of hydrogen-bond acceptors (Lipinski definition) is 4. The van der Waals surface area contributed by atoms with Crippen LogP contribution in [0, 0.1) is 5.92 Å². The monoisotopic (exact) mass is 349 g/mol. The van der Waals surface area contributed by atoms with Gasteiger partial charge in [0, 0.05) is 33.8 Å².